The van der Waals surface area contributed by atoms with Crippen LogP contribution in [0.2, 0.25) is 5.02 Å². The molecule has 5 nitrogen and oxygen atoms in total. The average Bonchev–Trinajstić information content (AvgIpc) is 2.64. The first-order valence-electron chi connectivity index (χ1n) is 9.22. The van der Waals surface area contributed by atoms with Crippen LogP contribution in [0.5, 0.6) is 0 Å². The van der Waals surface area contributed by atoms with E-state index in [1.54, 1.807) is 18.2 Å². The van der Waals surface area contributed by atoms with Crippen molar-refractivity contribution < 1.29 is 9.59 Å². The molecule has 0 bridgehead atoms. The lowest BCUT2D eigenvalue weighted by Crippen LogP contribution is -2.27. The molecule has 6 heteroatoms. The fourth-order valence-electron chi connectivity index (χ4n) is 2.59. The van der Waals surface area contributed by atoms with E-state index in [-0.39, 0.29) is 18.4 Å². The molecular formula is C21H26ClN3O2. The highest BCUT2D eigenvalue weighted by Crippen LogP contribution is 2.16. The SMILES string of the molecule is CCCCCC(=O)Nc1cccc(NC(=O)CNCc2ccccc2Cl)c1. The van der Waals surface area contributed by atoms with Gasteiger partial charge in [0.25, 0.3) is 0 Å². The Hall–Kier alpha value is -2.37. The number of halogens is 1. The minimum atomic E-state index is -0.159. The van der Waals surface area contributed by atoms with Crippen molar-refractivity contribution in [1.29, 1.82) is 0 Å². The summed E-state index contributed by atoms with van der Waals surface area (Å²) in [7, 11) is 0. The van der Waals surface area contributed by atoms with Crippen molar-refractivity contribution in [2.45, 2.75) is 39.2 Å². The summed E-state index contributed by atoms with van der Waals surface area (Å²) in [5.74, 6) is -0.165. The molecule has 0 unspecified atom stereocenters. The molecule has 0 spiro atoms. The number of nitrogens with one attached hydrogen (secondary N) is 3. The number of amides is 2. The Morgan fingerprint density at radius 2 is 1.63 bits per heavy atom. The van der Waals surface area contributed by atoms with Crippen LogP contribution in [-0.4, -0.2) is 18.4 Å². The van der Waals surface area contributed by atoms with Gasteiger partial charge in [-0.3, -0.25) is 9.59 Å². The first kappa shape index (κ1) is 20.9. The monoisotopic (exact) mass is 387 g/mol. The fourth-order valence-corrected chi connectivity index (χ4v) is 2.79. The molecule has 0 atom stereocenters. The van der Waals surface area contributed by atoms with Gasteiger partial charge < -0.3 is 16.0 Å². The Morgan fingerprint density at radius 3 is 2.33 bits per heavy atom. The third-order valence-electron chi connectivity index (χ3n) is 4.00. The van der Waals surface area contributed by atoms with E-state index in [1.807, 2.05) is 30.3 Å². The van der Waals surface area contributed by atoms with Crippen molar-refractivity contribution >= 4 is 34.8 Å². The molecule has 144 valence electrons. The Balaban J connectivity index is 1.78. The normalized spacial score (nSPS) is 10.4. The van der Waals surface area contributed by atoms with Crippen molar-refractivity contribution in [2.24, 2.45) is 0 Å². The number of unbranched alkanes of at least 4 members (excludes halogenated alkanes) is 2. The lowest BCUT2D eigenvalue weighted by atomic mass is 10.2. The van der Waals surface area contributed by atoms with E-state index in [4.69, 9.17) is 11.6 Å². The topological polar surface area (TPSA) is 70.2 Å². The molecule has 2 rings (SSSR count). The van der Waals surface area contributed by atoms with Gasteiger partial charge in [0.2, 0.25) is 11.8 Å². The van der Waals surface area contributed by atoms with Gasteiger partial charge in [0.1, 0.15) is 0 Å². The van der Waals surface area contributed by atoms with Crippen molar-refractivity contribution in [3.8, 4) is 0 Å². The number of rotatable bonds is 10. The molecule has 2 aromatic carbocycles. The third-order valence-corrected chi connectivity index (χ3v) is 4.37. The summed E-state index contributed by atoms with van der Waals surface area (Å²) in [6.07, 6.45) is 3.52. The standard InChI is InChI=1S/C21H26ClN3O2/c1-2-3-4-12-20(26)24-17-9-7-10-18(13-17)25-21(27)15-23-14-16-8-5-6-11-19(16)22/h5-11,13,23H,2-4,12,14-15H2,1H3,(H,24,26)(H,25,27). The fraction of sp³-hybridized carbons (Fsp3) is 0.333. The van der Waals surface area contributed by atoms with E-state index in [0.717, 1.165) is 24.8 Å². The minimum Gasteiger partial charge on any atom is -0.326 e. The lowest BCUT2D eigenvalue weighted by molar-refractivity contribution is -0.116. The lowest BCUT2D eigenvalue weighted by Gasteiger charge is -2.10. The highest BCUT2D eigenvalue weighted by atomic mass is 35.5. The maximum atomic E-state index is 12.1. The Bertz CT molecular complexity index is 765. The molecule has 0 heterocycles. The van der Waals surface area contributed by atoms with Gasteiger partial charge in [0, 0.05) is 29.4 Å². The Labute approximate surface area is 165 Å². The van der Waals surface area contributed by atoms with Crippen LogP contribution >= 0.6 is 11.6 Å². The maximum Gasteiger partial charge on any atom is 0.238 e. The summed E-state index contributed by atoms with van der Waals surface area (Å²) in [4.78, 5) is 24.0. The van der Waals surface area contributed by atoms with Gasteiger partial charge in [-0.25, -0.2) is 0 Å². The first-order chi connectivity index (χ1) is 13.1. The highest BCUT2D eigenvalue weighted by molar-refractivity contribution is 6.31. The minimum absolute atomic E-state index is 0.00617. The molecule has 0 saturated carbocycles. The van der Waals surface area contributed by atoms with Crippen LogP contribution < -0.4 is 16.0 Å². The molecule has 0 radical (unpaired) electrons. The summed E-state index contributed by atoms with van der Waals surface area (Å²) in [6, 6.07) is 14.7. The van der Waals surface area contributed by atoms with E-state index >= 15 is 0 Å². The zero-order chi connectivity index (χ0) is 19.5. The molecule has 0 fully saturated rings. The predicted molar refractivity (Wildman–Crippen MR) is 111 cm³/mol. The van der Waals surface area contributed by atoms with Crippen LogP contribution in [0.15, 0.2) is 48.5 Å². The summed E-state index contributed by atoms with van der Waals surface area (Å²) >= 11 is 6.09. The van der Waals surface area contributed by atoms with Crippen LogP contribution in [0.25, 0.3) is 0 Å². The van der Waals surface area contributed by atoms with E-state index in [2.05, 4.69) is 22.9 Å². The summed E-state index contributed by atoms with van der Waals surface area (Å²) in [5, 5.41) is 9.43. The first-order valence-corrected chi connectivity index (χ1v) is 9.60. The number of benzene rings is 2. The number of carbonyl (C=O) groups is 2. The Morgan fingerprint density at radius 1 is 0.926 bits per heavy atom. The summed E-state index contributed by atoms with van der Waals surface area (Å²) < 4.78 is 0. The highest BCUT2D eigenvalue weighted by Gasteiger charge is 2.06. The van der Waals surface area contributed by atoms with Crippen molar-refractivity contribution in [1.82, 2.24) is 5.32 Å². The van der Waals surface area contributed by atoms with Crippen LogP contribution in [0.3, 0.4) is 0 Å². The number of anilines is 2. The molecule has 0 saturated heterocycles. The van der Waals surface area contributed by atoms with Crippen molar-refractivity contribution in [3.05, 3.63) is 59.1 Å². The average molecular weight is 388 g/mol. The zero-order valence-electron chi connectivity index (χ0n) is 15.6. The van der Waals surface area contributed by atoms with Gasteiger partial charge in [-0.1, -0.05) is 55.6 Å². The molecule has 2 amide bonds. The second-order valence-corrected chi connectivity index (χ2v) is 6.74. The number of hydrogen-bond acceptors (Lipinski definition) is 3. The molecule has 0 aromatic heterocycles. The smallest absolute Gasteiger partial charge is 0.238 e. The molecule has 27 heavy (non-hydrogen) atoms. The Kier molecular flexibility index (Phi) is 8.81. The molecule has 2 aromatic rings. The molecule has 3 N–H and O–H groups in total. The molecule has 0 aliphatic rings. The summed E-state index contributed by atoms with van der Waals surface area (Å²) in [6.45, 7) is 2.78. The maximum absolute atomic E-state index is 12.1. The van der Waals surface area contributed by atoms with Crippen LogP contribution in [0, 0.1) is 0 Å². The molecule has 0 aliphatic carbocycles. The second-order valence-electron chi connectivity index (χ2n) is 6.33. The van der Waals surface area contributed by atoms with Gasteiger partial charge in [-0.15, -0.1) is 0 Å². The van der Waals surface area contributed by atoms with Crippen LogP contribution in [0.1, 0.15) is 38.2 Å². The largest absolute Gasteiger partial charge is 0.326 e. The van der Waals surface area contributed by atoms with Gasteiger partial charge in [0.15, 0.2) is 0 Å². The van der Waals surface area contributed by atoms with Gasteiger partial charge >= 0.3 is 0 Å². The molecule has 0 aliphatic heterocycles. The van der Waals surface area contributed by atoms with Gasteiger partial charge in [-0.2, -0.15) is 0 Å². The number of hydrogen-bond donors (Lipinski definition) is 3. The molecular weight excluding hydrogens is 362 g/mol. The number of carbonyl (C=O) groups excluding carboxylic acids is 2. The van der Waals surface area contributed by atoms with E-state index < -0.39 is 0 Å². The van der Waals surface area contributed by atoms with Crippen LogP contribution in [0.4, 0.5) is 11.4 Å². The van der Waals surface area contributed by atoms with E-state index in [1.165, 1.54) is 0 Å². The quantitative estimate of drug-likeness (QED) is 0.522. The van der Waals surface area contributed by atoms with Crippen molar-refractivity contribution in [3.63, 3.8) is 0 Å². The van der Waals surface area contributed by atoms with E-state index in [0.29, 0.717) is 29.4 Å². The summed E-state index contributed by atoms with van der Waals surface area (Å²) in [5.41, 5.74) is 2.27. The van der Waals surface area contributed by atoms with Crippen LogP contribution in [-0.2, 0) is 16.1 Å². The zero-order valence-corrected chi connectivity index (χ0v) is 16.3. The van der Waals surface area contributed by atoms with Gasteiger partial charge in [0.05, 0.1) is 6.54 Å². The van der Waals surface area contributed by atoms with Crippen molar-refractivity contribution in [2.75, 3.05) is 17.2 Å². The predicted octanol–water partition coefficient (Wildman–Crippen LogP) is 4.59. The van der Waals surface area contributed by atoms with E-state index in [9.17, 15) is 9.59 Å². The van der Waals surface area contributed by atoms with Gasteiger partial charge in [-0.05, 0) is 36.2 Å². The third kappa shape index (κ3) is 7.81. The second kappa shape index (κ2) is 11.4.